The van der Waals surface area contributed by atoms with E-state index in [1.807, 2.05) is 13.1 Å². The Balaban J connectivity index is 2.42. The number of hydrogen-bond donors (Lipinski definition) is 1. The summed E-state index contributed by atoms with van der Waals surface area (Å²) in [7, 11) is 1.86. The molecule has 0 aliphatic rings. The van der Waals surface area contributed by atoms with Crippen molar-refractivity contribution >= 4 is 23.1 Å². The second-order valence-electron chi connectivity index (χ2n) is 3.31. The van der Waals surface area contributed by atoms with E-state index in [4.69, 9.17) is 11.6 Å². The maximum absolute atomic E-state index is 13.6. The third-order valence-electron chi connectivity index (χ3n) is 2.13. The van der Waals surface area contributed by atoms with Gasteiger partial charge in [-0.1, -0.05) is 17.7 Å². The van der Waals surface area contributed by atoms with Crippen LogP contribution in [-0.4, -0.2) is 11.4 Å². The van der Waals surface area contributed by atoms with Gasteiger partial charge in [0.2, 0.25) is 0 Å². The van der Waals surface area contributed by atoms with Gasteiger partial charge in [0, 0.05) is 11.4 Å². The fourth-order valence-electron chi connectivity index (χ4n) is 1.43. The number of hydrogen-bond acceptors (Lipinski definition) is 3. The summed E-state index contributed by atoms with van der Waals surface area (Å²) in [4.78, 5) is 1.05. The molecule has 0 unspecified atom stereocenters. The van der Waals surface area contributed by atoms with Gasteiger partial charge in [0.15, 0.2) is 0 Å². The first-order valence-electron chi connectivity index (χ1n) is 4.77. The van der Waals surface area contributed by atoms with Crippen LogP contribution in [0.5, 0.6) is 0 Å². The first-order chi connectivity index (χ1) is 7.72. The van der Waals surface area contributed by atoms with Gasteiger partial charge < -0.3 is 5.32 Å². The Hall–Kier alpha value is -0.970. The largest absolute Gasteiger partial charge is 0.315 e. The van der Waals surface area contributed by atoms with Gasteiger partial charge in [0.25, 0.3) is 0 Å². The number of nitrogens with one attached hydrogen (secondary N) is 1. The molecule has 2 rings (SSSR count). The van der Waals surface area contributed by atoms with Crippen LogP contribution in [0.4, 0.5) is 4.39 Å². The summed E-state index contributed by atoms with van der Waals surface area (Å²) >= 11 is 7.31. The summed E-state index contributed by atoms with van der Waals surface area (Å²) < 4.78 is 17.8. The van der Waals surface area contributed by atoms with Gasteiger partial charge in [0.1, 0.15) is 5.82 Å². The normalized spacial score (nSPS) is 10.7. The van der Waals surface area contributed by atoms with Crippen LogP contribution in [0.25, 0.3) is 11.3 Å². The van der Waals surface area contributed by atoms with Gasteiger partial charge in [-0.2, -0.15) is 4.37 Å². The molecule has 0 saturated carbocycles. The number of nitrogens with zero attached hydrogens (tertiary/aromatic N) is 1. The zero-order valence-corrected chi connectivity index (χ0v) is 10.2. The van der Waals surface area contributed by atoms with Crippen molar-refractivity contribution in [2.45, 2.75) is 6.54 Å². The highest BCUT2D eigenvalue weighted by Crippen LogP contribution is 2.31. The smallest absolute Gasteiger partial charge is 0.134 e. The second kappa shape index (κ2) is 4.91. The third kappa shape index (κ3) is 2.24. The van der Waals surface area contributed by atoms with Crippen molar-refractivity contribution in [3.63, 3.8) is 0 Å². The summed E-state index contributed by atoms with van der Waals surface area (Å²) in [5.74, 6) is -0.339. The number of aromatic nitrogens is 1. The van der Waals surface area contributed by atoms with Crippen LogP contribution in [0.2, 0.25) is 5.02 Å². The van der Waals surface area contributed by atoms with Crippen molar-refractivity contribution in [1.29, 1.82) is 0 Å². The first-order valence-corrected chi connectivity index (χ1v) is 5.92. The minimum Gasteiger partial charge on any atom is -0.315 e. The van der Waals surface area contributed by atoms with Gasteiger partial charge in [-0.15, -0.1) is 0 Å². The molecule has 0 radical (unpaired) electrons. The van der Waals surface area contributed by atoms with Gasteiger partial charge in [-0.3, -0.25) is 0 Å². The Labute approximate surface area is 102 Å². The Kier molecular flexibility index (Phi) is 3.53. The van der Waals surface area contributed by atoms with Crippen LogP contribution in [0.15, 0.2) is 24.3 Å². The van der Waals surface area contributed by atoms with E-state index in [2.05, 4.69) is 9.69 Å². The van der Waals surface area contributed by atoms with Crippen LogP contribution in [0, 0.1) is 5.82 Å². The maximum atomic E-state index is 13.6. The minimum atomic E-state index is -0.339. The molecule has 1 aromatic carbocycles. The van der Waals surface area contributed by atoms with E-state index in [0.717, 1.165) is 11.4 Å². The number of halogens is 2. The monoisotopic (exact) mass is 256 g/mol. The van der Waals surface area contributed by atoms with E-state index < -0.39 is 0 Å². The molecule has 84 valence electrons. The summed E-state index contributed by atoms with van der Waals surface area (Å²) in [6.45, 7) is 0.726. The van der Waals surface area contributed by atoms with Crippen molar-refractivity contribution in [3.05, 3.63) is 40.0 Å². The molecule has 5 heteroatoms. The lowest BCUT2D eigenvalue weighted by molar-refractivity contribution is 0.631. The van der Waals surface area contributed by atoms with Crippen molar-refractivity contribution in [3.8, 4) is 11.3 Å². The van der Waals surface area contributed by atoms with E-state index in [0.29, 0.717) is 16.3 Å². The fraction of sp³-hybridized carbons (Fsp3) is 0.182. The Morgan fingerprint density at radius 3 is 3.00 bits per heavy atom. The van der Waals surface area contributed by atoms with E-state index in [9.17, 15) is 4.39 Å². The second-order valence-corrected chi connectivity index (χ2v) is 4.60. The molecule has 2 aromatic rings. The van der Waals surface area contributed by atoms with Crippen LogP contribution in [-0.2, 0) is 6.54 Å². The summed E-state index contributed by atoms with van der Waals surface area (Å²) in [5.41, 5.74) is 0.973. The summed E-state index contributed by atoms with van der Waals surface area (Å²) in [5, 5.41) is 3.41. The van der Waals surface area contributed by atoms with E-state index >= 15 is 0 Å². The number of rotatable bonds is 3. The molecule has 1 heterocycles. The Morgan fingerprint density at radius 1 is 1.50 bits per heavy atom. The molecule has 0 fully saturated rings. The Morgan fingerprint density at radius 2 is 2.31 bits per heavy atom. The van der Waals surface area contributed by atoms with E-state index in [1.54, 1.807) is 12.1 Å². The highest BCUT2D eigenvalue weighted by atomic mass is 35.5. The molecule has 0 amide bonds. The lowest BCUT2D eigenvalue weighted by Crippen LogP contribution is -2.02. The molecule has 16 heavy (non-hydrogen) atoms. The van der Waals surface area contributed by atoms with Gasteiger partial charge in [-0.05, 0) is 36.8 Å². The maximum Gasteiger partial charge on any atom is 0.134 e. The predicted octanol–water partition coefficient (Wildman–Crippen LogP) is 3.32. The predicted molar refractivity (Wildman–Crippen MR) is 65.3 cm³/mol. The average molecular weight is 257 g/mol. The van der Waals surface area contributed by atoms with E-state index in [1.165, 1.54) is 17.6 Å². The quantitative estimate of drug-likeness (QED) is 0.911. The molecule has 1 N–H and O–H groups in total. The standard InChI is InChI=1S/C11H10ClFN2S/c1-14-6-7-5-10(15-16-7)11-8(12)3-2-4-9(11)13/h2-5,14H,6H2,1H3. The highest BCUT2D eigenvalue weighted by molar-refractivity contribution is 7.06. The average Bonchev–Trinajstić information content (AvgIpc) is 2.67. The summed E-state index contributed by atoms with van der Waals surface area (Å²) in [6.07, 6.45) is 0. The molecule has 0 spiro atoms. The molecule has 0 aliphatic heterocycles. The van der Waals surface area contributed by atoms with Crippen LogP contribution < -0.4 is 5.32 Å². The first kappa shape index (κ1) is 11.5. The Bertz CT molecular complexity index is 478. The minimum absolute atomic E-state index is 0.339. The van der Waals surface area contributed by atoms with Crippen molar-refractivity contribution in [1.82, 2.24) is 9.69 Å². The zero-order chi connectivity index (χ0) is 11.5. The van der Waals surface area contributed by atoms with Crippen LogP contribution in [0.3, 0.4) is 0 Å². The lowest BCUT2D eigenvalue weighted by atomic mass is 10.1. The molecular weight excluding hydrogens is 247 g/mol. The fourth-order valence-corrected chi connectivity index (χ4v) is 2.42. The summed E-state index contributed by atoms with van der Waals surface area (Å²) in [6, 6.07) is 6.49. The van der Waals surface area contributed by atoms with Crippen molar-refractivity contribution < 1.29 is 4.39 Å². The van der Waals surface area contributed by atoms with Gasteiger partial charge in [-0.25, -0.2) is 4.39 Å². The molecule has 0 bridgehead atoms. The third-order valence-corrected chi connectivity index (χ3v) is 3.23. The molecule has 2 nitrogen and oxygen atoms in total. The lowest BCUT2D eigenvalue weighted by Gasteiger charge is -2.01. The highest BCUT2D eigenvalue weighted by Gasteiger charge is 2.12. The van der Waals surface area contributed by atoms with Gasteiger partial charge >= 0.3 is 0 Å². The molecular formula is C11H10ClFN2S. The van der Waals surface area contributed by atoms with Crippen LogP contribution in [0.1, 0.15) is 4.88 Å². The topological polar surface area (TPSA) is 24.9 Å². The number of benzene rings is 1. The molecule has 0 saturated heterocycles. The zero-order valence-electron chi connectivity index (χ0n) is 8.63. The van der Waals surface area contributed by atoms with E-state index in [-0.39, 0.29) is 5.82 Å². The molecule has 0 atom stereocenters. The van der Waals surface area contributed by atoms with Crippen molar-refractivity contribution in [2.75, 3.05) is 7.05 Å². The molecule has 0 aliphatic carbocycles. The van der Waals surface area contributed by atoms with Crippen molar-refractivity contribution in [2.24, 2.45) is 0 Å². The van der Waals surface area contributed by atoms with Gasteiger partial charge in [0.05, 0.1) is 16.3 Å². The van der Waals surface area contributed by atoms with Crippen LogP contribution >= 0.6 is 23.1 Å². The molecule has 1 aromatic heterocycles. The SMILES string of the molecule is CNCc1cc(-c2c(F)cccc2Cl)ns1.